The van der Waals surface area contributed by atoms with Gasteiger partial charge in [-0.3, -0.25) is 14.9 Å². The molecule has 5 nitrogen and oxygen atoms in total. The minimum atomic E-state index is -0.769. The Morgan fingerprint density at radius 2 is 1.75 bits per heavy atom. The molecule has 20 heavy (non-hydrogen) atoms. The Balaban J connectivity index is 2.67. The second-order valence-electron chi connectivity index (χ2n) is 3.98. The summed E-state index contributed by atoms with van der Waals surface area (Å²) in [6.45, 7) is 0. The molecule has 0 fully saturated rings. The molecule has 102 valence electrons. The highest BCUT2D eigenvalue weighted by Crippen LogP contribution is 2.33. The zero-order chi connectivity index (χ0) is 14.9. The van der Waals surface area contributed by atoms with Crippen LogP contribution in [0.25, 0.3) is 11.1 Å². The summed E-state index contributed by atoms with van der Waals surface area (Å²) in [5.41, 5.74) is 6.03. The van der Waals surface area contributed by atoms with E-state index < -0.39 is 10.8 Å². The van der Waals surface area contributed by atoms with Gasteiger partial charge in [0.2, 0.25) is 5.91 Å². The van der Waals surface area contributed by atoms with Crippen molar-refractivity contribution in [3.63, 3.8) is 0 Å². The van der Waals surface area contributed by atoms with Gasteiger partial charge in [-0.05, 0) is 23.8 Å². The molecule has 0 bridgehead atoms. The summed E-state index contributed by atoms with van der Waals surface area (Å²) in [6, 6.07) is 8.60. The van der Waals surface area contributed by atoms with Crippen molar-refractivity contribution in [2.24, 2.45) is 5.73 Å². The molecule has 7 heteroatoms. The predicted octanol–water partition coefficient (Wildman–Crippen LogP) is 3.67. The first-order valence-electron chi connectivity index (χ1n) is 5.44. The molecule has 0 aliphatic carbocycles. The molecule has 0 spiro atoms. The highest BCUT2D eigenvalue weighted by molar-refractivity contribution is 6.36. The molecule has 0 heterocycles. The number of hydrogen-bond acceptors (Lipinski definition) is 3. The molecule has 2 rings (SSSR count). The van der Waals surface area contributed by atoms with Crippen LogP contribution in [-0.4, -0.2) is 10.8 Å². The summed E-state index contributed by atoms with van der Waals surface area (Å²) in [6.07, 6.45) is 0. The summed E-state index contributed by atoms with van der Waals surface area (Å²) in [5, 5.41) is 11.5. The summed E-state index contributed by atoms with van der Waals surface area (Å²) >= 11 is 11.9. The van der Waals surface area contributed by atoms with Crippen molar-refractivity contribution >= 4 is 34.8 Å². The standard InChI is InChI=1S/C13H8Cl2N2O3/c14-7-1-3-10(12(15)5-7)9-4-2-8(17(19)20)6-11(9)13(16)18/h1-6H,(H2,16,18). The molecule has 2 aromatic rings. The monoisotopic (exact) mass is 310 g/mol. The van der Waals surface area contributed by atoms with Gasteiger partial charge in [-0.1, -0.05) is 29.3 Å². The number of carbonyl (C=O) groups excluding carboxylic acids is 1. The highest BCUT2D eigenvalue weighted by atomic mass is 35.5. The Labute approximate surface area is 124 Å². The average Bonchev–Trinajstić information content (AvgIpc) is 2.38. The van der Waals surface area contributed by atoms with E-state index in [2.05, 4.69) is 0 Å². The minimum absolute atomic E-state index is 0.0309. The van der Waals surface area contributed by atoms with Gasteiger partial charge in [0.25, 0.3) is 5.69 Å². The van der Waals surface area contributed by atoms with Crippen LogP contribution in [0.2, 0.25) is 10.0 Å². The van der Waals surface area contributed by atoms with Crippen LogP contribution in [0.15, 0.2) is 36.4 Å². The lowest BCUT2D eigenvalue weighted by atomic mass is 9.98. The van der Waals surface area contributed by atoms with Crippen LogP contribution in [0.5, 0.6) is 0 Å². The number of hydrogen-bond donors (Lipinski definition) is 1. The van der Waals surface area contributed by atoms with Crippen molar-refractivity contribution in [1.29, 1.82) is 0 Å². The van der Waals surface area contributed by atoms with Gasteiger partial charge in [-0.25, -0.2) is 0 Å². The van der Waals surface area contributed by atoms with Gasteiger partial charge in [0.05, 0.1) is 10.5 Å². The maximum Gasteiger partial charge on any atom is 0.270 e. The molecule has 0 unspecified atom stereocenters. The van der Waals surface area contributed by atoms with Crippen molar-refractivity contribution in [1.82, 2.24) is 0 Å². The lowest BCUT2D eigenvalue weighted by Crippen LogP contribution is -2.13. The fraction of sp³-hybridized carbons (Fsp3) is 0. The number of nitro benzene ring substituents is 1. The number of nitrogens with two attached hydrogens (primary N) is 1. The van der Waals surface area contributed by atoms with Crippen molar-refractivity contribution in [3.05, 3.63) is 62.1 Å². The first-order valence-corrected chi connectivity index (χ1v) is 6.19. The maximum absolute atomic E-state index is 11.5. The minimum Gasteiger partial charge on any atom is -0.366 e. The Morgan fingerprint density at radius 3 is 2.30 bits per heavy atom. The largest absolute Gasteiger partial charge is 0.366 e. The van der Waals surface area contributed by atoms with E-state index in [1.807, 2.05) is 0 Å². The first kappa shape index (κ1) is 14.3. The number of amides is 1. The summed E-state index contributed by atoms with van der Waals surface area (Å²) in [5.74, 6) is -0.769. The van der Waals surface area contributed by atoms with E-state index >= 15 is 0 Å². The molecule has 0 saturated heterocycles. The van der Waals surface area contributed by atoms with E-state index in [9.17, 15) is 14.9 Å². The van der Waals surface area contributed by atoms with E-state index in [1.54, 1.807) is 12.1 Å². The molecule has 0 aliphatic rings. The lowest BCUT2D eigenvalue weighted by Gasteiger charge is -2.09. The maximum atomic E-state index is 11.5. The number of nitro groups is 1. The zero-order valence-corrected chi connectivity index (χ0v) is 11.5. The molecule has 0 radical (unpaired) electrons. The third-order valence-electron chi connectivity index (χ3n) is 2.70. The number of halogens is 2. The number of nitrogens with zero attached hydrogens (tertiary/aromatic N) is 1. The number of benzene rings is 2. The third-order valence-corrected chi connectivity index (χ3v) is 3.25. The van der Waals surface area contributed by atoms with Crippen LogP contribution in [-0.2, 0) is 0 Å². The second kappa shape index (κ2) is 5.48. The van der Waals surface area contributed by atoms with Gasteiger partial charge >= 0.3 is 0 Å². The van der Waals surface area contributed by atoms with Gasteiger partial charge in [0, 0.05) is 27.7 Å². The normalized spacial score (nSPS) is 10.3. The molecule has 0 aliphatic heterocycles. The van der Waals surface area contributed by atoms with E-state index in [1.165, 1.54) is 18.2 Å². The van der Waals surface area contributed by atoms with Crippen LogP contribution in [0.4, 0.5) is 5.69 Å². The molecule has 2 aromatic carbocycles. The van der Waals surface area contributed by atoms with E-state index in [-0.39, 0.29) is 11.3 Å². The Kier molecular flexibility index (Phi) is 3.92. The number of rotatable bonds is 3. The van der Waals surface area contributed by atoms with Gasteiger partial charge in [0.1, 0.15) is 0 Å². The first-order chi connectivity index (χ1) is 9.40. The van der Waals surface area contributed by atoms with Crippen LogP contribution >= 0.6 is 23.2 Å². The van der Waals surface area contributed by atoms with Crippen molar-refractivity contribution in [3.8, 4) is 11.1 Å². The lowest BCUT2D eigenvalue weighted by molar-refractivity contribution is -0.384. The molecule has 2 N–H and O–H groups in total. The Hall–Kier alpha value is -2.11. The SMILES string of the molecule is NC(=O)c1cc([N+](=O)[O-])ccc1-c1ccc(Cl)cc1Cl. The zero-order valence-electron chi connectivity index (χ0n) is 9.97. The van der Waals surface area contributed by atoms with E-state index in [0.29, 0.717) is 21.2 Å². The summed E-state index contributed by atoms with van der Waals surface area (Å²) in [4.78, 5) is 21.6. The fourth-order valence-corrected chi connectivity index (χ4v) is 2.30. The average molecular weight is 311 g/mol. The molecule has 0 atom stereocenters. The van der Waals surface area contributed by atoms with Crippen molar-refractivity contribution < 1.29 is 9.72 Å². The van der Waals surface area contributed by atoms with Crippen LogP contribution < -0.4 is 5.73 Å². The van der Waals surface area contributed by atoms with Gasteiger partial charge < -0.3 is 5.73 Å². The van der Waals surface area contributed by atoms with E-state index in [0.717, 1.165) is 6.07 Å². The highest BCUT2D eigenvalue weighted by Gasteiger charge is 2.17. The van der Waals surface area contributed by atoms with Gasteiger partial charge in [0.15, 0.2) is 0 Å². The molecular weight excluding hydrogens is 303 g/mol. The molecule has 0 aromatic heterocycles. The molecule has 0 saturated carbocycles. The van der Waals surface area contributed by atoms with E-state index in [4.69, 9.17) is 28.9 Å². The van der Waals surface area contributed by atoms with Crippen molar-refractivity contribution in [2.75, 3.05) is 0 Å². The van der Waals surface area contributed by atoms with Gasteiger partial charge in [-0.15, -0.1) is 0 Å². The fourth-order valence-electron chi connectivity index (χ4n) is 1.79. The van der Waals surface area contributed by atoms with Gasteiger partial charge in [-0.2, -0.15) is 0 Å². The molecule has 1 amide bonds. The van der Waals surface area contributed by atoms with Crippen LogP contribution in [0.1, 0.15) is 10.4 Å². The topological polar surface area (TPSA) is 86.2 Å². The second-order valence-corrected chi connectivity index (χ2v) is 4.82. The van der Waals surface area contributed by atoms with Crippen LogP contribution in [0.3, 0.4) is 0 Å². The third kappa shape index (κ3) is 2.74. The number of carbonyl (C=O) groups is 1. The van der Waals surface area contributed by atoms with Crippen molar-refractivity contribution in [2.45, 2.75) is 0 Å². The predicted molar refractivity (Wildman–Crippen MR) is 77.1 cm³/mol. The molecular formula is C13H8Cl2N2O3. The summed E-state index contributed by atoms with van der Waals surface area (Å²) < 4.78 is 0. The quantitative estimate of drug-likeness (QED) is 0.693. The smallest absolute Gasteiger partial charge is 0.270 e. The number of non-ortho nitro benzene ring substituents is 1. The number of primary amides is 1. The van der Waals surface area contributed by atoms with Crippen LogP contribution in [0, 0.1) is 10.1 Å². The Bertz CT molecular complexity index is 717. The Morgan fingerprint density at radius 1 is 1.10 bits per heavy atom. The summed E-state index contributed by atoms with van der Waals surface area (Å²) in [7, 11) is 0.